The van der Waals surface area contributed by atoms with Gasteiger partial charge in [0.15, 0.2) is 5.17 Å². The van der Waals surface area contributed by atoms with Crippen molar-refractivity contribution in [2.75, 3.05) is 27.2 Å². The second kappa shape index (κ2) is 7.39. The third kappa shape index (κ3) is 5.61. The van der Waals surface area contributed by atoms with Gasteiger partial charge in [-0.25, -0.2) is 0 Å². The number of nitrogens with zero attached hydrogens (tertiary/aromatic N) is 2. The molecule has 1 aliphatic rings. The molecular weight excluding hydrogens is 242 g/mol. The highest BCUT2D eigenvalue weighted by atomic mass is 32.2. The Labute approximate surface area is 117 Å². The molecule has 3 nitrogen and oxygen atoms in total. The van der Waals surface area contributed by atoms with Crippen molar-refractivity contribution in [1.29, 1.82) is 0 Å². The first kappa shape index (κ1) is 15.8. The Balaban J connectivity index is 2.42. The molecule has 0 aromatic carbocycles. The Morgan fingerprint density at radius 3 is 2.50 bits per heavy atom. The van der Waals surface area contributed by atoms with Gasteiger partial charge >= 0.3 is 0 Å². The van der Waals surface area contributed by atoms with E-state index in [0.29, 0.717) is 17.2 Å². The molecule has 4 heteroatoms. The van der Waals surface area contributed by atoms with E-state index in [1.165, 1.54) is 6.42 Å². The summed E-state index contributed by atoms with van der Waals surface area (Å²) in [6, 6.07) is 0.490. The zero-order chi connectivity index (χ0) is 13.7. The van der Waals surface area contributed by atoms with Crippen LogP contribution in [-0.4, -0.2) is 48.5 Å². The number of hydrogen-bond donors (Lipinski definition) is 1. The Hall–Kier alpha value is -0.220. The Bertz CT molecular complexity index is 274. The largest absolute Gasteiger partial charge is 0.361 e. The number of aliphatic imine (C=N–C) groups is 1. The number of thioether (sulfide) groups is 1. The number of hydrogen-bond acceptors (Lipinski definition) is 4. The van der Waals surface area contributed by atoms with Gasteiger partial charge < -0.3 is 10.2 Å². The fourth-order valence-electron chi connectivity index (χ4n) is 2.12. The highest BCUT2D eigenvalue weighted by Gasteiger charge is 2.23. The maximum Gasteiger partial charge on any atom is 0.157 e. The third-order valence-corrected chi connectivity index (χ3v) is 4.27. The fourth-order valence-corrected chi connectivity index (χ4v) is 3.43. The summed E-state index contributed by atoms with van der Waals surface area (Å²) >= 11 is 1.93. The highest BCUT2D eigenvalue weighted by molar-refractivity contribution is 8.14. The van der Waals surface area contributed by atoms with E-state index < -0.39 is 0 Å². The van der Waals surface area contributed by atoms with Crippen LogP contribution in [0.2, 0.25) is 0 Å². The predicted molar refractivity (Wildman–Crippen MR) is 83.5 cm³/mol. The molecule has 0 bridgehead atoms. The molecule has 0 fully saturated rings. The smallest absolute Gasteiger partial charge is 0.157 e. The molecule has 0 saturated heterocycles. The summed E-state index contributed by atoms with van der Waals surface area (Å²) in [5.74, 6) is 1.39. The van der Waals surface area contributed by atoms with Crippen LogP contribution in [0, 0.1) is 11.8 Å². The lowest BCUT2D eigenvalue weighted by Crippen LogP contribution is -2.43. The molecule has 0 aliphatic carbocycles. The first-order valence-electron chi connectivity index (χ1n) is 7.00. The van der Waals surface area contributed by atoms with E-state index in [1.54, 1.807) is 0 Å². The molecule has 2 unspecified atom stereocenters. The zero-order valence-corrected chi connectivity index (χ0v) is 13.5. The highest BCUT2D eigenvalue weighted by Crippen LogP contribution is 2.26. The average Bonchev–Trinajstić information content (AvgIpc) is 2.62. The topological polar surface area (TPSA) is 27.6 Å². The molecule has 0 spiro atoms. The molecule has 0 saturated carbocycles. The van der Waals surface area contributed by atoms with E-state index in [1.807, 2.05) is 11.8 Å². The Morgan fingerprint density at radius 1 is 1.33 bits per heavy atom. The van der Waals surface area contributed by atoms with Crippen molar-refractivity contribution >= 4 is 16.9 Å². The number of likely N-dealkylation sites (N-methyl/N-ethyl adjacent to an activating group) is 1. The molecule has 2 atom stereocenters. The van der Waals surface area contributed by atoms with Gasteiger partial charge in [-0.3, -0.25) is 4.99 Å². The Kier molecular flexibility index (Phi) is 6.50. The lowest BCUT2D eigenvalue weighted by atomic mass is 10.0. The molecule has 1 N–H and O–H groups in total. The lowest BCUT2D eigenvalue weighted by molar-refractivity contribution is 0.314. The van der Waals surface area contributed by atoms with Gasteiger partial charge in [0, 0.05) is 17.8 Å². The molecule has 1 rings (SSSR count). The summed E-state index contributed by atoms with van der Waals surface area (Å²) in [4.78, 5) is 6.89. The molecular formula is C14H29N3S. The maximum absolute atomic E-state index is 4.65. The van der Waals surface area contributed by atoms with Crippen molar-refractivity contribution < 1.29 is 0 Å². The van der Waals surface area contributed by atoms with Crippen LogP contribution in [0.5, 0.6) is 0 Å². The summed E-state index contributed by atoms with van der Waals surface area (Å²) in [7, 11) is 4.25. The van der Waals surface area contributed by atoms with Gasteiger partial charge in [-0.2, -0.15) is 0 Å². The summed E-state index contributed by atoms with van der Waals surface area (Å²) in [6.45, 7) is 11.2. The van der Waals surface area contributed by atoms with E-state index in [4.69, 9.17) is 0 Å². The summed E-state index contributed by atoms with van der Waals surface area (Å²) in [5, 5.41) is 5.46. The minimum Gasteiger partial charge on any atom is -0.361 e. The lowest BCUT2D eigenvalue weighted by Gasteiger charge is -2.26. The van der Waals surface area contributed by atoms with Crippen molar-refractivity contribution in [1.82, 2.24) is 10.2 Å². The molecule has 18 heavy (non-hydrogen) atoms. The quantitative estimate of drug-likeness (QED) is 0.805. The second-order valence-corrected chi connectivity index (χ2v) is 7.56. The van der Waals surface area contributed by atoms with Crippen molar-refractivity contribution in [3.8, 4) is 0 Å². The first-order valence-corrected chi connectivity index (χ1v) is 7.88. The molecule has 0 amide bonds. The first-order chi connectivity index (χ1) is 8.38. The van der Waals surface area contributed by atoms with Crippen molar-refractivity contribution in [3.05, 3.63) is 0 Å². The normalized spacial score (nSPS) is 21.8. The molecule has 0 aromatic rings. The van der Waals surface area contributed by atoms with Crippen LogP contribution >= 0.6 is 11.8 Å². The van der Waals surface area contributed by atoms with Crippen molar-refractivity contribution in [2.24, 2.45) is 16.8 Å². The zero-order valence-electron chi connectivity index (χ0n) is 12.7. The van der Waals surface area contributed by atoms with Crippen LogP contribution in [0.1, 0.15) is 34.1 Å². The molecule has 1 heterocycles. The molecule has 0 aromatic heterocycles. The fraction of sp³-hybridized carbons (Fsp3) is 0.929. The standard InChI is InChI=1S/C14H29N3S/c1-10(2)7-12-8-15-14(18-12)16-13(11(3)4)9-17(5)6/h10-13H,7-9H2,1-6H3,(H,15,16). The number of rotatable bonds is 6. The third-order valence-electron chi connectivity index (χ3n) is 3.13. The summed E-state index contributed by atoms with van der Waals surface area (Å²) in [5.41, 5.74) is 0. The van der Waals surface area contributed by atoms with E-state index in [-0.39, 0.29) is 0 Å². The van der Waals surface area contributed by atoms with Gasteiger partial charge in [-0.05, 0) is 32.4 Å². The minimum absolute atomic E-state index is 0.490. The van der Waals surface area contributed by atoms with Crippen LogP contribution in [0.15, 0.2) is 4.99 Å². The van der Waals surface area contributed by atoms with E-state index in [9.17, 15) is 0 Å². The van der Waals surface area contributed by atoms with E-state index in [0.717, 1.165) is 24.2 Å². The number of nitrogens with one attached hydrogen (secondary N) is 1. The van der Waals surface area contributed by atoms with Crippen LogP contribution in [0.3, 0.4) is 0 Å². The predicted octanol–water partition coefficient (Wildman–Crippen LogP) is 2.68. The number of amidine groups is 1. The van der Waals surface area contributed by atoms with Gasteiger partial charge in [0.05, 0.1) is 6.54 Å². The summed E-state index contributed by atoms with van der Waals surface area (Å²) < 4.78 is 0. The average molecular weight is 271 g/mol. The van der Waals surface area contributed by atoms with Gasteiger partial charge in [0.1, 0.15) is 0 Å². The Morgan fingerprint density at radius 2 is 2.00 bits per heavy atom. The molecule has 1 aliphatic heterocycles. The van der Waals surface area contributed by atoms with Gasteiger partial charge in [-0.1, -0.05) is 39.5 Å². The van der Waals surface area contributed by atoms with E-state index >= 15 is 0 Å². The SMILES string of the molecule is CC(C)CC1CN=C(NC(CN(C)C)C(C)C)S1. The van der Waals surface area contributed by atoms with Crippen LogP contribution < -0.4 is 5.32 Å². The van der Waals surface area contributed by atoms with E-state index in [2.05, 4.69) is 57.0 Å². The minimum atomic E-state index is 0.490. The van der Waals surface area contributed by atoms with Gasteiger partial charge in [0.25, 0.3) is 0 Å². The van der Waals surface area contributed by atoms with Gasteiger partial charge in [-0.15, -0.1) is 0 Å². The van der Waals surface area contributed by atoms with Crippen molar-refractivity contribution in [3.63, 3.8) is 0 Å². The van der Waals surface area contributed by atoms with Gasteiger partial charge in [0.2, 0.25) is 0 Å². The molecule has 106 valence electrons. The van der Waals surface area contributed by atoms with Crippen LogP contribution in [0.4, 0.5) is 0 Å². The van der Waals surface area contributed by atoms with Crippen LogP contribution in [-0.2, 0) is 0 Å². The summed E-state index contributed by atoms with van der Waals surface area (Å²) in [6.07, 6.45) is 1.26. The monoisotopic (exact) mass is 271 g/mol. The van der Waals surface area contributed by atoms with Crippen LogP contribution in [0.25, 0.3) is 0 Å². The van der Waals surface area contributed by atoms with Crippen molar-refractivity contribution in [2.45, 2.75) is 45.4 Å². The molecule has 0 radical (unpaired) electrons. The maximum atomic E-state index is 4.65. The second-order valence-electron chi connectivity index (χ2n) is 6.27.